The maximum absolute atomic E-state index is 12.6. The average molecular weight is 451 g/mol. The maximum Gasteiger partial charge on any atom is 0.0665 e. The number of benzene rings is 1. The Balaban J connectivity index is 1.85. The Labute approximate surface area is 188 Å². The molecule has 0 amide bonds. The van der Waals surface area contributed by atoms with Crippen molar-refractivity contribution < 1.29 is 14.6 Å². The van der Waals surface area contributed by atoms with Crippen LogP contribution in [-0.4, -0.2) is 39.0 Å². The van der Waals surface area contributed by atoms with E-state index in [9.17, 15) is 14.6 Å². The molecule has 175 valence electrons. The largest absolute Gasteiger partial charge is 0.444 e. The first-order chi connectivity index (χ1) is 14.0. The van der Waals surface area contributed by atoms with E-state index in [-0.39, 0.29) is 6.04 Å². The lowest BCUT2D eigenvalue weighted by molar-refractivity contribution is -0.290. The van der Waals surface area contributed by atoms with E-state index >= 15 is 0 Å². The van der Waals surface area contributed by atoms with Gasteiger partial charge in [0.05, 0.1) is 11.1 Å². The minimum absolute atomic E-state index is 0.110. The number of hydrogen-bond acceptors (Lipinski definition) is 7. The maximum atomic E-state index is 12.6. The van der Waals surface area contributed by atoms with Crippen molar-refractivity contribution in [2.75, 3.05) is 6.54 Å². The van der Waals surface area contributed by atoms with Crippen LogP contribution in [0.15, 0.2) is 18.2 Å². The van der Waals surface area contributed by atoms with Crippen LogP contribution < -0.4 is 5.32 Å². The number of hydroxylamine groups is 4. The van der Waals surface area contributed by atoms with E-state index in [0.717, 1.165) is 16.7 Å². The van der Waals surface area contributed by atoms with E-state index < -0.39 is 38.0 Å². The summed E-state index contributed by atoms with van der Waals surface area (Å²) in [6.45, 7) is 16.1. The Morgan fingerprint density at radius 2 is 1.58 bits per heavy atom. The molecular weight excluding hydrogens is 412 g/mol. The number of fused-ring (bicyclic) bond motifs is 1. The molecule has 2 aliphatic rings. The van der Waals surface area contributed by atoms with Crippen LogP contribution in [0.1, 0.15) is 90.2 Å². The van der Waals surface area contributed by atoms with Crippen molar-refractivity contribution in [2.45, 2.75) is 102 Å². The molecule has 3 rings (SSSR count). The molecule has 3 N–H and O–H groups in total. The average Bonchev–Trinajstić information content (AvgIpc) is 2.77. The highest BCUT2D eigenvalue weighted by molar-refractivity contribution is 7.73. The highest BCUT2D eigenvalue weighted by Crippen LogP contribution is 2.48. The van der Waals surface area contributed by atoms with Gasteiger partial charge in [0.25, 0.3) is 0 Å². The topological polar surface area (TPSA) is 99.6 Å². The van der Waals surface area contributed by atoms with Gasteiger partial charge >= 0.3 is 0 Å². The smallest absolute Gasteiger partial charge is 0.0665 e. The molecular formula is C23H38N4O3S-. The summed E-state index contributed by atoms with van der Waals surface area (Å²) in [5.74, 6) is 0. The lowest BCUT2D eigenvalue weighted by atomic mass is 9.79. The van der Waals surface area contributed by atoms with Gasteiger partial charge in [-0.25, -0.2) is 0 Å². The fourth-order valence-corrected chi connectivity index (χ4v) is 6.37. The zero-order valence-corrected chi connectivity index (χ0v) is 20.9. The molecule has 1 unspecified atom stereocenters. The molecule has 1 aromatic carbocycles. The normalized spacial score (nSPS) is 26.2. The summed E-state index contributed by atoms with van der Waals surface area (Å²) in [6.07, 6.45) is 1.39. The van der Waals surface area contributed by atoms with Crippen LogP contribution in [0, 0.1) is 4.78 Å². The van der Waals surface area contributed by atoms with Crippen LogP contribution in [0.5, 0.6) is 0 Å². The van der Waals surface area contributed by atoms with Gasteiger partial charge in [0.2, 0.25) is 0 Å². The third-order valence-electron chi connectivity index (χ3n) is 7.23. The molecule has 1 radical (unpaired) electrons. The standard InChI is InChI=1S/C23H38N4O3S/c1-20(2)12-16(13-21(3,4)26(20)28)25-14-19(31(24)30)15-9-10-17-18(11-15)23(7,8)27(29)22(17,5)6/h9-11,16,19,24-25,29H,12-14H2,1-8H3/q-1. The Bertz CT molecular complexity index is 897. The van der Waals surface area contributed by atoms with Gasteiger partial charge in [-0.15, -0.1) is 10.3 Å². The lowest BCUT2D eigenvalue weighted by Crippen LogP contribution is -2.62. The van der Waals surface area contributed by atoms with Crippen molar-refractivity contribution >= 4 is 10.6 Å². The molecule has 0 aromatic heterocycles. The van der Waals surface area contributed by atoms with Crippen molar-refractivity contribution in [3.05, 3.63) is 34.9 Å². The van der Waals surface area contributed by atoms with Crippen LogP contribution in [0.2, 0.25) is 0 Å². The molecule has 7 nitrogen and oxygen atoms in total. The molecule has 2 aliphatic heterocycles. The molecule has 0 bridgehead atoms. The first-order valence-corrected chi connectivity index (χ1v) is 12.2. The molecule has 1 fully saturated rings. The second-order valence-electron chi connectivity index (χ2n) is 11.5. The molecule has 0 aliphatic carbocycles. The third kappa shape index (κ3) is 4.18. The van der Waals surface area contributed by atoms with E-state index in [1.54, 1.807) is 0 Å². The quantitative estimate of drug-likeness (QED) is 0.570. The molecule has 1 aromatic rings. The Kier molecular flexibility index (Phi) is 6.18. The SMILES string of the molecule is CC1(C)CC(NCC(c2ccc3c(c2)C(C)(C)N(O)C3(C)C)[S-](=N)=O)CC(C)(C)N1[O]. The van der Waals surface area contributed by atoms with Crippen LogP contribution in [-0.2, 0) is 31.1 Å². The van der Waals surface area contributed by atoms with Gasteiger partial charge in [-0.3, -0.25) is 0 Å². The fraction of sp³-hybridized carbons (Fsp3) is 0.739. The van der Waals surface area contributed by atoms with Crippen LogP contribution in [0.3, 0.4) is 0 Å². The second-order valence-corrected chi connectivity index (χ2v) is 12.6. The van der Waals surface area contributed by atoms with Gasteiger partial charge in [0.15, 0.2) is 0 Å². The van der Waals surface area contributed by atoms with Crippen molar-refractivity contribution in [3.63, 3.8) is 0 Å². The molecule has 0 saturated carbocycles. The minimum atomic E-state index is -1.81. The van der Waals surface area contributed by atoms with Crippen molar-refractivity contribution in [2.24, 2.45) is 0 Å². The zero-order valence-electron chi connectivity index (χ0n) is 20.1. The van der Waals surface area contributed by atoms with E-state index in [1.165, 1.54) is 10.1 Å². The predicted octanol–water partition coefficient (Wildman–Crippen LogP) is 4.59. The number of nitrogens with one attached hydrogen (secondary N) is 2. The van der Waals surface area contributed by atoms with Gasteiger partial charge in [-0.2, -0.15) is 15.7 Å². The van der Waals surface area contributed by atoms with Crippen molar-refractivity contribution in [1.29, 1.82) is 4.78 Å². The zero-order chi connectivity index (χ0) is 23.6. The Morgan fingerprint density at radius 1 is 1.06 bits per heavy atom. The van der Waals surface area contributed by atoms with Gasteiger partial charge in [0.1, 0.15) is 0 Å². The van der Waals surface area contributed by atoms with Crippen molar-refractivity contribution in [1.82, 2.24) is 15.4 Å². The van der Waals surface area contributed by atoms with E-state index in [1.807, 2.05) is 73.6 Å². The monoisotopic (exact) mass is 450 g/mol. The Morgan fingerprint density at radius 3 is 2.10 bits per heavy atom. The van der Waals surface area contributed by atoms with Gasteiger partial charge in [-0.1, -0.05) is 23.8 Å². The van der Waals surface area contributed by atoms with Crippen LogP contribution in [0.4, 0.5) is 0 Å². The van der Waals surface area contributed by atoms with Gasteiger partial charge < -0.3 is 19.5 Å². The van der Waals surface area contributed by atoms with Crippen LogP contribution in [0.25, 0.3) is 0 Å². The van der Waals surface area contributed by atoms with E-state index in [2.05, 4.69) is 5.32 Å². The predicted molar refractivity (Wildman–Crippen MR) is 121 cm³/mol. The lowest BCUT2D eigenvalue weighted by Gasteiger charge is -2.50. The van der Waals surface area contributed by atoms with Gasteiger partial charge in [-0.05, 0) is 91.2 Å². The first kappa shape index (κ1) is 24.6. The molecule has 31 heavy (non-hydrogen) atoms. The summed E-state index contributed by atoms with van der Waals surface area (Å²) in [6, 6.07) is 6.03. The first-order valence-electron chi connectivity index (χ1n) is 11.0. The van der Waals surface area contributed by atoms with Crippen LogP contribution >= 0.6 is 0 Å². The Hall–Kier alpha value is -1.03. The summed E-state index contributed by atoms with van der Waals surface area (Å²) >= 11 is 0. The summed E-state index contributed by atoms with van der Waals surface area (Å²) < 4.78 is 20.4. The highest BCUT2D eigenvalue weighted by atomic mass is 32.2. The molecule has 8 heteroatoms. The number of hydrogen-bond donors (Lipinski definition) is 3. The summed E-state index contributed by atoms with van der Waals surface area (Å²) in [4.78, 5) is 0. The minimum Gasteiger partial charge on any atom is -0.444 e. The molecule has 2 heterocycles. The van der Waals surface area contributed by atoms with Crippen molar-refractivity contribution in [3.8, 4) is 0 Å². The summed E-state index contributed by atoms with van der Waals surface area (Å²) in [5, 5.41) is 28.9. The number of rotatable bonds is 5. The number of piperidine rings is 1. The third-order valence-corrected chi connectivity index (χ3v) is 8.19. The summed E-state index contributed by atoms with van der Waals surface area (Å²) in [5.41, 5.74) is 0.803. The molecule has 0 spiro atoms. The number of nitrogens with zero attached hydrogens (tertiary/aromatic N) is 2. The fourth-order valence-electron chi connectivity index (χ4n) is 5.73. The summed E-state index contributed by atoms with van der Waals surface area (Å²) in [7, 11) is -1.81. The second kappa shape index (κ2) is 7.78. The highest BCUT2D eigenvalue weighted by Gasteiger charge is 2.49. The van der Waals surface area contributed by atoms with Gasteiger partial charge in [0, 0.05) is 17.1 Å². The van der Waals surface area contributed by atoms with E-state index in [0.29, 0.717) is 19.4 Å². The molecule has 1 atom stereocenters. The van der Waals surface area contributed by atoms with E-state index in [4.69, 9.17) is 4.78 Å². The molecule has 1 saturated heterocycles.